The van der Waals surface area contributed by atoms with Crippen LogP contribution in [0.25, 0.3) is 137 Å². The molecule has 0 unspecified atom stereocenters. The molecule has 296 valence electrons. The Morgan fingerprint density at radius 2 is 0.844 bits per heavy atom. The summed E-state index contributed by atoms with van der Waals surface area (Å²) in [5.41, 5.74) is 7.81. The molecule has 0 bridgehead atoms. The van der Waals surface area contributed by atoms with Crippen molar-refractivity contribution in [1.29, 1.82) is 0 Å². The van der Waals surface area contributed by atoms with Crippen molar-refractivity contribution in [1.82, 2.24) is 19.5 Å². The first-order valence-corrected chi connectivity index (χ1v) is 21.7. The molecular formula is C59H34N4O. The van der Waals surface area contributed by atoms with Crippen LogP contribution in [0, 0.1) is 0 Å². The highest BCUT2D eigenvalue weighted by Gasteiger charge is 2.22. The first kappa shape index (κ1) is 35.0. The van der Waals surface area contributed by atoms with E-state index in [9.17, 15) is 0 Å². The van der Waals surface area contributed by atoms with Gasteiger partial charge >= 0.3 is 0 Å². The van der Waals surface area contributed by atoms with Gasteiger partial charge in [-0.25, -0.2) is 15.0 Å². The molecule has 0 spiro atoms. The van der Waals surface area contributed by atoms with Crippen LogP contribution in [0.5, 0.6) is 0 Å². The third kappa shape index (κ3) is 5.22. The zero-order valence-electron chi connectivity index (χ0n) is 34.3. The number of furan rings is 1. The molecule has 5 heteroatoms. The molecule has 0 saturated heterocycles. The first-order valence-electron chi connectivity index (χ1n) is 21.7. The molecule has 64 heavy (non-hydrogen) atoms. The van der Waals surface area contributed by atoms with E-state index >= 15 is 0 Å². The fourth-order valence-corrected chi connectivity index (χ4v) is 10.1. The molecular weight excluding hydrogens is 781 g/mol. The number of benzene rings is 11. The minimum Gasteiger partial charge on any atom is -0.455 e. The molecule has 14 aromatic rings. The van der Waals surface area contributed by atoms with E-state index in [1.54, 1.807) is 0 Å². The average Bonchev–Trinajstić information content (AvgIpc) is 3.88. The molecule has 3 heterocycles. The molecule has 14 rings (SSSR count). The van der Waals surface area contributed by atoms with Gasteiger partial charge in [-0.2, -0.15) is 0 Å². The Balaban J connectivity index is 1.00. The van der Waals surface area contributed by atoms with Crippen LogP contribution in [0.1, 0.15) is 0 Å². The monoisotopic (exact) mass is 814 g/mol. The van der Waals surface area contributed by atoms with Gasteiger partial charge in [0.1, 0.15) is 11.2 Å². The van der Waals surface area contributed by atoms with Crippen LogP contribution in [0.15, 0.2) is 211 Å². The highest BCUT2D eigenvalue weighted by atomic mass is 16.3. The van der Waals surface area contributed by atoms with Crippen molar-refractivity contribution in [2.45, 2.75) is 0 Å². The maximum atomic E-state index is 6.95. The molecule has 3 aromatic heterocycles. The Morgan fingerprint density at radius 1 is 0.312 bits per heavy atom. The van der Waals surface area contributed by atoms with Gasteiger partial charge in [0.05, 0.1) is 16.7 Å². The van der Waals surface area contributed by atoms with Crippen LogP contribution in [0.2, 0.25) is 0 Å². The molecule has 0 aliphatic carbocycles. The van der Waals surface area contributed by atoms with Crippen molar-refractivity contribution in [3.8, 4) is 39.9 Å². The van der Waals surface area contributed by atoms with Gasteiger partial charge in [-0.15, -0.1) is 0 Å². The lowest BCUT2D eigenvalue weighted by Crippen LogP contribution is -2.00. The second-order valence-electron chi connectivity index (χ2n) is 16.8. The number of rotatable bonds is 4. The van der Waals surface area contributed by atoms with Crippen LogP contribution >= 0.6 is 0 Å². The topological polar surface area (TPSA) is 56.7 Å². The molecule has 0 fully saturated rings. The van der Waals surface area contributed by atoms with Gasteiger partial charge in [-0.3, -0.25) is 0 Å². The quantitative estimate of drug-likeness (QED) is 0.166. The molecule has 0 saturated carbocycles. The maximum Gasteiger partial charge on any atom is 0.164 e. The lowest BCUT2D eigenvalue weighted by atomic mass is 9.97. The minimum absolute atomic E-state index is 0.582. The zero-order chi connectivity index (χ0) is 41.9. The largest absolute Gasteiger partial charge is 0.455 e. The predicted molar refractivity (Wildman–Crippen MR) is 265 cm³/mol. The van der Waals surface area contributed by atoms with E-state index in [0.717, 1.165) is 71.2 Å². The molecule has 0 aliphatic heterocycles. The normalized spacial score (nSPS) is 12.1. The van der Waals surface area contributed by atoms with E-state index < -0.39 is 0 Å². The predicted octanol–water partition coefficient (Wildman–Crippen LogP) is 15.6. The van der Waals surface area contributed by atoms with E-state index in [0.29, 0.717) is 17.5 Å². The minimum atomic E-state index is 0.582. The van der Waals surface area contributed by atoms with E-state index in [1.165, 1.54) is 48.7 Å². The number of hydrogen-bond acceptors (Lipinski definition) is 4. The molecule has 0 aliphatic rings. The average molecular weight is 815 g/mol. The van der Waals surface area contributed by atoms with Gasteiger partial charge in [-0.1, -0.05) is 158 Å². The summed E-state index contributed by atoms with van der Waals surface area (Å²) in [6.45, 7) is 0. The Hall–Kier alpha value is -8.67. The molecule has 11 aromatic carbocycles. The van der Waals surface area contributed by atoms with Crippen LogP contribution in [0.4, 0.5) is 0 Å². The molecule has 5 nitrogen and oxygen atoms in total. The van der Waals surface area contributed by atoms with Crippen molar-refractivity contribution < 1.29 is 4.42 Å². The summed E-state index contributed by atoms with van der Waals surface area (Å²) in [5.74, 6) is 1.82. The fourth-order valence-electron chi connectivity index (χ4n) is 10.1. The van der Waals surface area contributed by atoms with Gasteiger partial charge in [0.2, 0.25) is 0 Å². The summed E-state index contributed by atoms with van der Waals surface area (Å²) in [4.78, 5) is 15.5. The second-order valence-corrected chi connectivity index (χ2v) is 16.8. The second kappa shape index (κ2) is 13.4. The number of aromatic nitrogens is 4. The summed E-state index contributed by atoms with van der Waals surface area (Å²) in [5, 5.41) is 16.2. The Morgan fingerprint density at radius 3 is 1.53 bits per heavy atom. The Kier molecular flexibility index (Phi) is 7.33. The van der Waals surface area contributed by atoms with E-state index in [4.69, 9.17) is 19.4 Å². The number of hydrogen-bond donors (Lipinski definition) is 0. The highest BCUT2D eigenvalue weighted by molar-refractivity contribution is 6.21. The van der Waals surface area contributed by atoms with Gasteiger partial charge in [0.25, 0.3) is 0 Å². The van der Waals surface area contributed by atoms with Crippen molar-refractivity contribution in [3.05, 3.63) is 206 Å². The first-order chi connectivity index (χ1) is 31.7. The maximum absolute atomic E-state index is 6.95. The van der Waals surface area contributed by atoms with Crippen molar-refractivity contribution in [3.63, 3.8) is 0 Å². The highest BCUT2D eigenvalue weighted by Crippen LogP contribution is 2.43. The van der Waals surface area contributed by atoms with Crippen LogP contribution in [0.3, 0.4) is 0 Å². The summed E-state index contributed by atoms with van der Waals surface area (Å²) in [6.07, 6.45) is 0. The smallest absolute Gasteiger partial charge is 0.164 e. The van der Waals surface area contributed by atoms with Crippen molar-refractivity contribution in [2.75, 3.05) is 0 Å². The number of fused-ring (bicyclic) bond motifs is 13. The Bertz CT molecular complexity index is 4170. The summed E-state index contributed by atoms with van der Waals surface area (Å²) >= 11 is 0. The lowest BCUT2D eigenvalue weighted by Gasteiger charge is -2.13. The van der Waals surface area contributed by atoms with Crippen LogP contribution in [-0.2, 0) is 0 Å². The van der Waals surface area contributed by atoms with Gasteiger partial charge in [0, 0.05) is 49.0 Å². The lowest BCUT2D eigenvalue weighted by molar-refractivity contribution is 0.672. The third-order valence-electron chi connectivity index (χ3n) is 13.1. The molecule has 0 amide bonds. The van der Waals surface area contributed by atoms with Crippen LogP contribution < -0.4 is 0 Å². The fraction of sp³-hybridized carbons (Fsp3) is 0. The zero-order valence-corrected chi connectivity index (χ0v) is 34.3. The standard InChI is InChI=1S/C59H34N4O/c1-2-14-35(15-3-1)57-60-58(62-59(61-57)51-30-40-20-8-9-21-42(40)43-22-10-11-23-44(43)51)41-26-27-46-50-34-54(45-24-12-13-25-47(45)56(50)64-55(46)33-41)63-52-31-38-18-6-4-16-36(38)28-48(52)49-29-37-17-5-7-19-39(37)32-53(49)63/h1-34H. The van der Waals surface area contributed by atoms with E-state index in [-0.39, 0.29) is 0 Å². The van der Waals surface area contributed by atoms with Crippen molar-refractivity contribution >= 4 is 97.6 Å². The summed E-state index contributed by atoms with van der Waals surface area (Å²) in [6, 6.07) is 73.4. The SMILES string of the molecule is c1ccc(-c2nc(-c3ccc4c(c3)oc3c5ccccc5c(-n5c6cc7ccccc7cc6c6cc7ccccc7cc65)cc43)nc(-c3cc4ccccc4c4ccccc34)n2)cc1. The van der Waals surface area contributed by atoms with Gasteiger partial charge < -0.3 is 8.98 Å². The Labute approximate surface area is 366 Å². The summed E-state index contributed by atoms with van der Waals surface area (Å²) in [7, 11) is 0. The van der Waals surface area contributed by atoms with Gasteiger partial charge in [0.15, 0.2) is 17.5 Å². The van der Waals surface area contributed by atoms with Crippen LogP contribution in [-0.4, -0.2) is 19.5 Å². The third-order valence-corrected chi connectivity index (χ3v) is 13.1. The van der Waals surface area contributed by atoms with Gasteiger partial charge in [-0.05, 0) is 91.6 Å². The summed E-state index contributed by atoms with van der Waals surface area (Å²) < 4.78 is 9.41. The molecule has 0 radical (unpaired) electrons. The molecule has 0 N–H and O–H groups in total. The number of nitrogens with zero attached hydrogens (tertiary/aromatic N) is 4. The van der Waals surface area contributed by atoms with E-state index in [2.05, 4.69) is 193 Å². The van der Waals surface area contributed by atoms with E-state index in [1.807, 2.05) is 18.2 Å². The van der Waals surface area contributed by atoms with Crippen molar-refractivity contribution in [2.24, 2.45) is 0 Å². The molecule has 0 atom stereocenters.